The van der Waals surface area contributed by atoms with E-state index in [-0.39, 0.29) is 5.82 Å². The Kier molecular flexibility index (Phi) is 4.95. The summed E-state index contributed by atoms with van der Waals surface area (Å²) < 4.78 is 31.1. The predicted octanol–water partition coefficient (Wildman–Crippen LogP) is 3.78. The second-order valence-corrected chi connectivity index (χ2v) is 6.67. The molecule has 1 aliphatic heterocycles. The summed E-state index contributed by atoms with van der Waals surface area (Å²) in [5.41, 5.74) is 0.325. The van der Waals surface area contributed by atoms with Gasteiger partial charge in [0, 0.05) is 11.3 Å². The van der Waals surface area contributed by atoms with Gasteiger partial charge in [0.05, 0.1) is 18.3 Å². The number of methoxy groups -OCH3 is 1. The van der Waals surface area contributed by atoms with Gasteiger partial charge in [-0.05, 0) is 51.4 Å². The second kappa shape index (κ2) is 6.26. The molecule has 1 aromatic rings. The van der Waals surface area contributed by atoms with Gasteiger partial charge in [0.1, 0.15) is 11.6 Å². The monoisotopic (exact) mass is 324 g/mol. The molecule has 0 spiro atoms. The second-order valence-electron chi connectivity index (χ2n) is 6.35. The molecule has 3 nitrogen and oxygen atoms in total. The molecule has 2 rings (SSSR count). The average Bonchev–Trinajstić information content (AvgIpc) is 2.66. The normalized spacial score (nSPS) is 20.3. The van der Waals surface area contributed by atoms with Crippen molar-refractivity contribution in [2.75, 3.05) is 12.9 Å². The quantitative estimate of drug-likeness (QED) is 0.675. The number of halogens is 1. The minimum absolute atomic E-state index is 0.323. The molecule has 0 unspecified atom stereocenters. The molecular formula is C16H22BFO3S. The maximum Gasteiger partial charge on any atom is 0.491 e. The largest absolute Gasteiger partial charge is 0.497 e. The molecule has 0 aliphatic carbocycles. The Morgan fingerprint density at radius 3 is 2.36 bits per heavy atom. The smallest absolute Gasteiger partial charge is 0.491 e. The van der Waals surface area contributed by atoms with E-state index in [2.05, 4.69) is 12.6 Å². The van der Waals surface area contributed by atoms with Crippen LogP contribution in [0.1, 0.15) is 33.3 Å². The summed E-state index contributed by atoms with van der Waals surface area (Å²) in [5.74, 6) is 0.685. The van der Waals surface area contributed by atoms with Crippen LogP contribution in [0.15, 0.2) is 23.7 Å². The summed E-state index contributed by atoms with van der Waals surface area (Å²) in [6.45, 7) is 7.93. The molecule has 0 aromatic heterocycles. The molecule has 1 aliphatic rings. The van der Waals surface area contributed by atoms with Crippen molar-refractivity contribution in [1.82, 2.24) is 0 Å². The van der Waals surface area contributed by atoms with E-state index in [0.717, 1.165) is 5.47 Å². The zero-order valence-electron chi connectivity index (χ0n) is 13.6. The van der Waals surface area contributed by atoms with Crippen molar-refractivity contribution >= 4 is 25.8 Å². The highest BCUT2D eigenvalue weighted by molar-refractivity contribution is 7.80. The van der Waals surface area contributed by atoms with Gasteiger partial charge >= 0.3 is 7.12 Å². The fourth-order valence-electron chi connectivity index (χ4n) is 2.14. The third-order valence-corrected chi connectivity index (χ3v) is 4.65. The lowest BCUT2D eigenvalue weighted by molar-refractivity contribution is 0.00578. The van der Waals surface area contributed by atoms with E-state index < -0.39 is 18.3 Å². The molecule has 0 saturated carbocycles. The summed E-state index contributed by atoms with van der Waals surface area (Å²) in [4.78, 5) is 0. The van der Waals surface area contributed by atoms with E-state index in [0.29, 0.717) is 17.1 Å². The average molecular weight is 324 g/mol. The van der Waals surface area contributed by atoms with Crippen molar-refractivity contribution in [2.24, 2.45) is 0 Å². The SMILES string of the molecule is COc1ccc(F)c(C=C(CS)B2OC(C)(C)C(C)(C)O2)c1. The first-order chi connectivity index (χ1) is 10.2. The van der Waals surface area contributed by atoms with Crippen LogP contribution in [-0.4, -0.2) is 31.2 Å². The Morgan fingerprint density at radius 2 is 1.86 bits per heavy atom. The molecule has 6 heteroatoms. The molecule has 1 aromatic carbocycles. The number of rotatable bonds is 4. The standard InChI is InChI=1S/C16H22BFO3S/c1-15(2)16(3,4)21-17(20-15)12(10-22)8-11-9-13(19-5)6-7-14(11)18/h6-9,22H,10H2,1-5H3. The number of hydrogen-bond acceptors (Lipinski definition) is 4. The summed E-state index contributed by atoms with van der Waals surface area (Å²) in [6.07, 6.45) is 1.72. The topological polar surface area (TPSA) is 27.7 Å². The molecule has 1 heterocycles. The Hall–Kier alpha value is -0.975. The number of hydrogen-bond donors (Lipinski definition) is 1. The predicted molar refractivity (Wildman–Crippen MR) is 90.9 cm³/mol. The summed E-state index contributed by atoms with van der Waals surface area (Å²) in [7, 11) is 1.02. The molecule has 1 fully saturated rings. The molecule has 0 atom stereocenters. The van der Waals surface area contributed by atoms with Crippen molar-refractivity contribution in [1.29, 1.82) is 0 Å². The lowest BCUT2D eigenvalue weighted by Crippen LogP contribution is -2.41. The number of ether oxygens (including phenoxy) is 1. The van der Waals surface area contributed by atoms with Crippen molar-refractivity contribution in [3.8, 4) is 5.75 Å². The maximum absolute atomic E-state index is 14.0. The molecular weight excluding hydrogens is 302 g/mol. The van der Waals surface area contributed by atoms with Crippen LogP contribution in [0.3, 0.4) is 0 Å². The summed E-state index contributed by atoms with van der Waals surface area (Å²) >= 11 is 4.34. The third kappa shape index (κ3) is 3.34. The van der Waals surface area contributed by atoms with E-state index in [1.807, 2.05) is 27.7 Å². The number of thiol groups is 1. The zero-order chi connectivity index (χ0) is 16.5. The minimum Gasteiger partial charge on any atom is -0.497 e. The van der Waals surface area contributed by atoms with Crippen molar-refractivity contribution < 1.29 is 18.4 Å². The highest BCUT2D eigenvalue weighted by Crippen LogP contribution is 2.39. The molecule has 120 valence electrons. The van der Waals surface area contributed by atoms with Crippen LogP contribution in [-0.2, 0) is 9.31 Å². The molecule has 22 heavy (non-hydrogen) atoms. The van der Waals surface area contributed by atoms with Crippen LogP contribution < -0.4 is 4.74 Å². The molecule has 0 amide bonds. The highest BCUT2D eigenvalue weighted by Gasteiger charge is 2.52. The van der Waals surface area contributed by atoms with Gasteiger partial charge in [0.25, 0.3) is 0 Å². The maximum atomic E-state index is 14.0. The van der Waals surface area contributed by atoms with Crippen LogP contribution in [0, 0.1) is 5.82 Å². The molecule has 0 N–H and O–H groups in total. The zero-order valence-corrected chi connectivity index (χ0v) is 14.5. The fourth-order valence-corrected chi connectivity index (χ4v) is 2.38. The summed E-state index contributed by atoms with van der Waals surface area (Å²) in [6, 6.07) is 4.61. The van der Waals surface area contributed by atoms with Crippen LogP contribution in [0.5, 0.6) is 5.75 Å². The van der Waals surface area contributed by atoms with Gasteiger partial charge in [-0.25, -0.2) is 4.39 Å². The van der Waals surface area contributed by atoms with Gasteiger partial charge in [-0.3, -0.25) is 0 Å². The Bertz CT molecular complexity index is 571. The van der Waals surface area contributed by atoms with Gasteiger partial charge in [0.15, 0.2) is 0 Å². The number of benzene rings is 1. The van der Waals surface area contributed by atoms with E-state index in [1.165, 1.54) is 6.07 Å². The lowest BCUT2D eigenvalue weighted by atomic mass is 9.78. The van der Waals surface area contributed by atoms with Gasteiger partial charge < -0.3 is 14.0 Å². The fraction of sp³-hybridized carbons (Fsp3) is 0.500. The van der Waals surface area contributed by atoms with E-state index >= 15 is 0 Å². The Labute approximate surface area is 137 Å². The lowest BCUT2D eigenvalue weighted by Gasteiger charge is -2.32. The van der Waals surface area contributed by atoms with E-state index in [1.54, 1.807) is 25.3 Å². The van der Waals surface area contributed by atoms with Crippen molar-refractivity contribution in [2.45, 2.75) is 38.9 Å². The van der Waals surface area contributed by atoms with E-state index in [4.69, 9.17) is 14.0 Å². The molecule has 0 radical (unpaired) electrons. The Morgan fingerprint density at radius 1 is 1.27 bits per heavy atom. The van der Waals surface area contributed by atoms with Gasteiger partial charge in [-0.15, -0.1) is 0 Å². The summed E-state index contributed by atoms with van der Waals surface area (Å²) in [5, 5.41) is 0. The van der Waals surface area contributed by atoms with Crippen molar-refractivity contribution in [3.05, 3.63) is 35.1 Å². The van der Waals surface area contributed by atoms with Gasteiger partial charge in [-0.1, -0.05) is 6.08 Å². The Balaban J connectivity index is 2.33. The van der Waals surface area contributed by atoms with Crippen LogP contribution in [0.2, 0.25) is 0 Å². The van der Waals surface area contributed by atoms with Crippen molar-refractivity contribution in [3.63, 3.8) is 0 Å². The first-order valence-electron chi connectivity index (χ1n) is 7.20. The van der Waals surface area contributed by atoms with Crippen LogP contribution >= 0.6 is 12.6 Å². The molecule has 0 bridgehead atoms. The van der Waals surface area contributed by atoms with Crippen LogP contribution in [0.4, 0.5) is 4.39 Å². The first-order valence-corrected chi connectivity index (χ1v) is 7.84. The highest BCUT2D eigenvalue weighted by atomic mass is 32.1. The third-order valence-electron chi connectivity index (χ3n) is 4.28. The minimum atomic E-state index is -0.534. The van der Waals surface area contributed by atoms with E-state index in [9.17, 15) is 4.39 Å². The van der Waals surface area contributed by atoms with Gasteiger partial charge in [-0.2, -0.15) is 12.6 Å². The van der Waals surface area contributed by atoms with Crippen LogP contribution in [0.25, 0.3) is 6.08 Å². The molecule has 1 saturated heterocycles. The van der Waals surface area contributed by atoms with Gasteiger partial charge in [0.2, 0.25) is 0 Å². The first kappa shape index (κ1) is 17.4.